The molecule has 24 heavy (non-hydrogen) atoms. The zero-order valence-electron chi connectivity index (χ0n) is 15.4. The van der Waals surface area contributed by atoms with Crippen molar-refractivity contribution in [3.05, 3.63) is 30.1 Å². The predicted octanol–water partition coefficient (Wildman–Crippen LogP) is 5.67. The van der Waals surface area contributed by atoms with Crippen molar-refractivity contribution in [3.63, 3.8) is 0 Å². The van der Waals surface area contributed by atoms with Crippen molar-refractivity contribution in [2.24, 2.45) is 0 Å². The number of hydrogen-bond donors (Lipinski definition) is 0. The van der Waals surface area contributed by atoms with Gasteiger partial charge in [0, 0.05) is 25.4 Å². The molecule has 3 nitrogen and oxygen atoms in total. The van der Waals surface area contributed by atoms with E-state index >= 15 is 0 Å². The van der Waals surface area contributed by atoms with Gasteiger partial charge < -0.3 is 4.90 Å². The van der Waals surface area contributed by atoms with Crippen LogP contribution in [0.3, 0.4) is 0 Å². The Morgan fingerprint density at radius 1 is 1.12 bits per heavy atom. The number of aromatic nitrogens is 1. The molecule has 0 bridgehead atoms. The van der Waals surface area contributed by atoms with Crippen molar-refractivity contribution in [1.82, 2.24) is 9.88 Å². The van der Waals surface area contributed by atoms with Gasteiger partial charge in [0.25, 0.3) is 0 Å². The average molecular weight is 331 g/mol. The zero-order chi connectivity index (χ0) is 17.0. The minimum Gasteiger partial charge on any atom is -0.336 e. The van der Waals surface area contributed by atoms with Crippen LogP contribution in [-0.2, 0) is 4.79 Å². The number of rotatable bonds is 11. The van der Waals surface area contributed by atoms with Gasteiger partial charge in [-0.2, -0.15) is 0 Å². The molecule has 0 aromatic carbocycles. The maximum absolute atomic E-state index is 12.5. The third kappa shape index (κ3) is 6.26. The second-order valence-electron chi connectivity index (χ2n) is 7.11. The molecule has 0 aliphatic carbocycles. The van der Waals surface area contributed by atoms with Gasteiger partial charge in [-0.05, 0) is 30.9 Å². The van der Waals surface area contributed by atoms with Crippen LogP contribution in [0.4, 0.5) is 0 Å². The zero-order valence-corrected chi connectivity index (χ0v) is 15.4. The molecule has 1 aliphatic heterocycles. The van der Waals surface area contributed by atoms with Crippen LogP contribution in [0.15, 0.2) is 24.5 Å². The molecule has 0 unspecified atom stereocenters. The highest BCUT2D eigenvalue weighted by atomic mass is 16.2. The lowest BCUT2D eigenvalue weighted by Gasteiger charge is -2.25. The van der Waals surface area contributed by atoms with E-state index in [2.05, 4.69) is 22.9 Å². The third-order valence-corrected chi connectivity index (χ3v) is 5.14. The fourth-order valence-corrected chi connectivity index (χ4v) is 3.72. The van der Waals surface area contributed by atoms with E-state index in [1.54, 1.807) is 6.20 Å². The minimum absolute atomic E-state index is 0.254. The van der Waals surface area contributed by atoms with Gasteiger partial charge in [0.05, 0.1) is 6.04 Å². The van der Waals surface area contributed by atoms with Crippen LogP contribution in [0.1, 0.15) is 95.6 Å². The fourth-order valence-electron chi connectivity index (χ4n) is 3.72. The van der Waals surface area contributed by atoms with E-state index in [4.69, 9.17) is 0 Å². The van der Waals surface area contributed by atoms with Gasteiger partial charge in [-0.15, -0.1) is 0 Å². The normalized spacial score (nSPS) is 17.4. The van der Waals surface area contributed by atoms with Gasteiger partial charge in [0.1, 0.15) is 0 Å². The number of carbonyl (C=O) groups excluding carboxylic acids is 1. The van der Waals surface area contributed by atoms with Gasteiger partial charge in [0.15, 0.2) is 0 Å². The van der Waals surface area contributed by atoms with Crippen molar-refractivity contribution >= 4 is 5.91 Å². The largest absolute Gasteiger partial charge is 0.336 e. The standard InChI is InChI=1S/C21H34N2O/c1-2-3-4-5-6-7-8-9-10-15-21(24)23-17-12-14-20(23)19-13-11-16-22-18-19/h11,13,16,18,20H,2-10,12,14-15,17H2,1H3/t20-/m0/s1. The highest BCUT2D eigenvalue weighted by Crippen LogP contribution is 2.32. The Hall–Kier alpha value is -1.38. The van der Waals surface area contributed by atoms with Gasteiger partial charge in [-0.25, -0.2) is 0 Å². The summed E-state index contributed by atoms with van der Waals surface area (Å²) in [6.07, 6.45) is 18.3. The molecule has 0 radical (unpaired) electrons. The lowest BCUT2D eigenvalue weighted by molar-refractivity contribution is -0.132. The maximum Gasteiger partial charge on any atom is 0.223 e. The molecule has 0 saturated carbocycles. The smallest absolute Gasteiger partial charge is 0.223 e. The van der Waals surface area contributed by atoms with Gasteiger partial charge in [0.2, 0.25) is 5.91 Å². The quantitative estimate of drug-likeness (QED) is 0.490. The molecule has 1 atom stereocenters. The summed E-state index contributed by atoms with van der Waals surface area (Å²) in [6.45, 7) is 3.17. The van der Waals surface area contributed by atoms with Crippen LogP contribution >= 0.6 is 0 Å². The Bertz CT molecular complexity index is 460. The van der Waals surface area contributed by atoms with Gasteiger partial charge >= 0.3 is 0 Å². The summed E-state index contributed by atoms with van der Waals surface area (Å²) in [5.41, 5.74) is 1.19. The lowest BCUT2D eigenvalue weighted by atomic mass is 10.0. The van der Waals surface area contributed by atoms with Crippen molar-refractivity contribution in [3.8, 4) is 0 Å². The summed E-state index contributed by atoms with van der Waals surface area (Å²) < 4.78 is 0. The van der Waals surface area contributed by atoms with E-state index in [1.165, 1.54) is 56.9 Å². The Labute approximate surface area is 147 Å². The van der Waals surface area contributed by atoms with Crippen molar-refractivity contribution in [1.29, 1.82) is 0 Å². The predicted molar refractivity (Wildman–Crippen MR) is 99.8 cm³/mol. The monoisotopic (exact) mass is 330 g/mol. The van der Waals surface area contributed by atoms with Crippen molar-refractivity contribution < 1.29 is 4.79 Å². The fraction of sp³-hybridized carbons (Fsp3) is 0.714. The lowest BCUT2D eigenvalue weighted by Crippen LogP contribution is -2.30. The van der Waals surface area contributed by atoms with E-state index in [0.717, 1.165) is 25.8 Å². The van der Waals surface area contributed by atoms with E-state index < -0.39 is 0 Å². The van der Waals surface area contributed by atoms with Gasteiger partial charge in [-0.3, -0.25) is 9.78 Å². The summed E-state index contributed by atoms with van der Waals surface area (Å²) in [6, 6.07) is 4.32. The Morgan fingerprint density at radius 3 is 2.50 bits per heavy atom. The number of unbranched alkanes of at least 4 members (excludes halogenated alkanes) is 8. The van der Waals surface area contributed by atoms with E-state index in [-0.39, 0.29) is 6.04 Å². The molecule has 0 N–H and O–H groups in total. The van der Waals surface area contributed by atoms with Crippen LogP contribution in [0.2, 0.25) is 0 Å². The molecular weight excluding hydrogens is 296 g/mol. The van der Waals surface area contributed by atoms with Crippen molar-refractivity contribution in [2.75, 3.05) is 6.54 Å². The van der Waals surface area contributed by atoms with Crippen LogP contribution in [0, 0.1) is 0 Å². The molecule has 1 aromatic heterocycles. The van der Waals surface area contributed by atoms with Crippen LogP contribution in [-0.4, -0.2) is 22.3 Å². The first kappa shape index (κ1) is 19.0. The maximum atomic E-state index is 12.5. The first-order valence-electron chi connectivity index (χ1n) is 10.0. The summed E-state index contributed by atoms with van der Waals surface area (Å²) in [5, 5.41) is 0. The molecule has 2 heterocycles. The van der Waals surface area contributed by atoms with E-state index in [9.17, 15) is 4.79 Å². The Balaban J connectivity index is 1.60. The number of carbonyl (C=O) groups is 1. The number of nitrogens with zero attached hydrogens (tertiary/aromatic N) is 2. The number of amides is 1. The molecule has 1 aromatic rings. The van der Waals surface area contributed by atoms with Crippen LogP contribution in [0.25, 0.3) is 0 Å². The van der Waals surface area contributed by atoms with E-state index in [1.807, 2.05) is 12.3 Å². The SMILES string of the molecule is CCCCCCCCCCCC(=O)N1CCC[C@H]1c1cccnc1. The molecule has 3 heteroatoms. The molecule has 2 rings (SSSR count). The number of likely N-dealkylation sites (tertiary alicyclic amines) is 1. The highest BCUT2D eigenvalue weighted by Gasteiger charge is 2.29. The highest BCUT2D eigenvalue weighted by molar-refractivity contribution is 5.77. The molecular formula is C21H34N2O. The summed E-state index contributed by atoms with van der Waals surface area (Å²) in [4.78, 5) is 18.8. The molecule has 1 amide bonds. The average Bonchev–Trinajstić information content (AvgIpc) is 3.11. The number of hydrogen-bond acceptors (Lipinski definition) is 2. The third-order valence-electron chi connectivity index (χ3n) is 5.14. The second kappa shape index (κ2) is 11.2. The van der Waals surface area contributed by atoms with Crippen molar-refractivity contribution in [2.45, 2.75) is 90.0 Å². The summed E-state index contributed by atoms with van der Waals surface area (Å²) in [5.74, 6) is 0.337. The minimum atomic E-state index is 0.254. The van der Waals surface area contributed by atoms with E-state index in [0.29, 0.717) is 12.3 Å². The molecule has 1 saturated heterocycles. The van der Waals surface area contributed by atoms with Crippen LogP contribution < -0.4 is 0 Å². The molecule has 1 aliphatic rings. The Morgan fingerprint density at radius 2 is 1.83 bits per heavy atom. The molecule has 134 valence electrons. The number of pyridine rings is 1. The summed E-state index contributed by atoms with van der Waals surface area (Å²) in [7, 11) is 0. The molecule has 1 fully saturated rings. The first-order valence-corrected chi connectivity index (χ1v) is 10.0. The van der Waals surface area contributed by atoms with Crippen LogP contribution in [0.5, 0.6) is 0 Å². The first-order chi connectivity index (χ1) is 11.8. The topological polar surface area (TPSA) is 33.2 Å². The molecule has 0 spiro atoms. The summed E-state index contributed by atoms with van der Waals surface area (Å²) >= 11 is 0. The van der Waals surface area contributed by atoms with Gasteiger partial charge in [-0.1, -0.05) is 64.4 Å². The second-order valence-corrected chi connectivity index (χ2v) is 7.11. The Kier molecular flexibility index (Phi) is 8.86.